The van der Waals surface area contributed by atoms with Crippen LogP contribution < -0.4 is 16.0 Å². The Kier molecular flexibility index (Phi) is 8.12. The number of carbonyl (C=O) groups is 1. The van der Waals surface area contributed by atoms with E-state index in [0.717, 1.165) is 25.9 Å². The van der Waals surface area contributed by atoms with E-state index in [1.54, 1.807) is 12.1 Å². The molecule has 0 radical (unpaired) electrons. The van der Waals surface area contributed by atoms with Crippen LogP contribution in [-0.2, 0) is 0 Å². The Morgan fingerprint density at radius 2 is 2.08 bits per heavy atom. The molecule has 0 aromatic heterocycles. The topological polar surface area (TPSA) is 102 Å². The summed E-state index contributed by atoms with van der Waals surface area (Å²) in [7, 11) is 0. The number of piperidine rings is 1. The molecule has 140 valence electrons. The van der Waals surface area contributed by atoms with Gasteiger partial charge in [-0.25, -0.2) is 0 Å². The van der Waals surface area contributed by atoms with Crippen LogP contribution in [-0.4, -0.2) is 36.5 Å². The average molecular weight is 371 g/mol. The van der Waals surface area contributed by atoms with Gasteiger partial charge in [-0.3, -0.25) is 14.9 Å². The van der Waals surface area contributed by atoms with Crippen LogP contribution in [0.4, 0.5) is 11.4 Å². The molecule has 1 saturated heterocycles. The number of nitrogens with two attached hydrogens (primary N) is 1. The summed E-state index contributed by atoms with van der Waals surface area (Å²) in [6.45, 7) is 6.13. The number of nitrogens with one attached hydrogen (secondary N) is 1. The maximum absolute atomic E-state index is 12.1. The molecule has 1 atom stereocenters. The summed E-state index contributed by atoms with van der Waals surface area (Å²) in [5.74, 6) is 0.341. The molecule has 1 unspecified atom stereocenters. The molecule has 7 nitrogen and oxygen atoms in total. The van der Waals surface area contributed by atoms with E-state index in [0.29, 0.717) is 30.1 Å². The predicted octanol–water partition coefficient (Wildman–Crippen LogP) is 2.72. The summed E-state index contributed by atoms with van der Waals surface area (Å²) in [5, 5.41) is 14.2. The van der Waals surface area contributed by atoms with Crippen LogP contribution in [0, 0.1) is 16.0 Å². The third-order valence-corrected chi connectivity index (χ3v) is 4.44. The van der Waals surface area contributed by atoms with E-state index in [-0.39, 0.29) is 30.0 Å². The number of halogens is 1. The molecule has 2 rings (SSSR count). The van der Waals surface area contributed by atoms with Gasteiger partial charge in [-0.2, -0.15) is 0 Å². The lowest BCUT2D eigenvalue weighted by atomic mass is 9.98. The van der Waals surface area contributed by atoms with E-state index < -0.39 is 4.92 Å². The minimum Gasteiger partial charge on any atom is -0.366 e. The van der Waals surface area contributed by atoms with Gasteiger partial charge in [0.15, 0.2) is 0 Å². The highest BCUT2D eigenvalue weighted by Gasteiger charge is 2.24. The van der Waals surface area contributed by atoms with E-state index in [1.807, 2.05) is 11.8 Å². The Labute approximate surface area is 154 Å². The highest BCUT2D eigenvalue weighted by atomic mass is 35.5. The Morgan fingerprint density at radius 1 is 1.44 bits per heavy atom. The van der Waals surface area contributed by atoms with Gasteiger partial charge in [-0.15, -0.1) is 12.4 Å². The van der Waals surface area contributed by atoms with Crippen LogP contribution in [0.2, 0.25) is 0 Å². The van der Waals surface area contributed by atoms with Crippen LogP contribution in [0.1, 0.15) is 43.5 Å². The third-order valence-electron chi connectivity index (χ3n) is 4.44. The van der Waals surface area contributed by atoms with Gasteiger partial charge in [0.05, 0.1) is 4.92 Å². The van der Waals surface area contributed by atoms with Crippen molar-refractivity contribution in [3.63, 3.8) is 0 Å². The summed E-state index contributed by atoms with van der Waals surface area (Å²) in [5.41, 5.74) is 6.54. The van der Waals surface area contributed by atoms with Crippen molar-refractivity contribution in [2.75, 3.05) is 24.5 Å². The lowest BCUT2D eigenvalue weighted by Crippen LogP contribution is -2.33. The number of hydrogen-bond acceptors (Lipinski definition) is 5. The van der Waals surface area contributed by atoms with E-state index in [9.17, 15) is 14.9 Å². The SMILES string of the molecule is CC(N)CCNC(=O)c1ccc(N2CCC(C)CC2)c([N+](=O)[O-])c1.Cl. The third kappa shape index (κ3) is 5.86. The van der Waals surface area contributed by atoms with Crippen molar-refractivity contribution in [2.45, 2.75) is 39.2 Å². The average Bonchev–Trinajstić information content (AvgIpc) is 2.54. The summed E-state index contributed by atoms with van der Waals surface area (Å²) in [6.07, 6.45) is 2.71. The van der Waals surface area contributed by atoms with Crippen molar-refractivity contribution in [1.82, 2.24) is 5.32 Å². The van der Waals surface area contributed by atoms with E-state index in [1.165, 1.54) is 6.07 Å². The van der Waals surface area contributed by atoms with Gasteiger partial charge < -0.3 is 16.0 Å². The summed E-state index contributed by atoms with van der Waals surface area (Å²) in [4.78, 5) is 25.2. The van der Waals surface area contributed by atoms with Crippen LogP contribution in [0.3, 0.4) is 0 Å². The summed E-state index contributed by atoms with van der Waals surface area (Å²) in [6, 6.07) is 4.72. The highest BCUT2D eigenvalue weighted by molar-refractivity contribution is 5.95. The predicted molar refractivity (Wildman–Crippen MR) is 102 cm³/mol. The van der Waals surface area contributed by atoms with Gasteiger partial charge >= 0.3 is 0 Å². The zero-order valence-corrected chi connectivity index (χ0v) is 15.6. The molecule has 1 heterocycles. The van der Waals surface area contributed by atoms with Crippen molar-refractivity contribution >= 4 is 29.7 Å². The van der Waals surface area contributed by atoms with Gasteiger partial charge in [0.2, 0.25) is 0 Å². The molecule has 25 heavy (non-hydrogen) atoms. The van der Waals surface area contributed by atoms with Crippen molar-refractivity contribution < 1.29 is 9.72 Å². The number of anilines is 1. The van der Waals surface area contributed by atoms with Crippen molar-refractivity contribution in [3.8, 4) is 0 Å². The number of benzene rings is 1. The molecule has 0 aliphatic carbocycles. The van der Waals surface area contributed by atoms with E-state index >= 15 is 0 Å². The number of carbonyl (C=O) groups excluding carboxylic acids is 1. The molecule has 0 spiro atoms. The van der Waals surface area contributed by atoms with E-state index in [2.05, 4.69) is 12.2 Å². The molecule has 1 fully saturated rings. The second-order valence-electron chi connectivity index (χ2n) is 6.65. The standard InChI is InChI=1S/C17H26N4O3.ClH/c1-12-6-9-20(10-7-12)15-4-3-14(11-16(15)21(23)24)17(22)19-8-5-13(2)18;/h3-4,11-13H,5-10,18H2,1-2H3,(H,19,22);1H. The van der Waals surface area contributed by atoms with Crippen molar-refractivity contribution in [3.05, 3.63) is 33.9 Å². The monoisotopic (exact) mass is 370 g/mol. The zero-order valence-electron chi connectivity index (χ0n) is 14.7. The first-order valence-corrected chi connectivity index (χ1v) is 8.45. The van der Waals surface area contributed by atoms with E-state index in [4.69, 9.17) is 5.73 Å². The van der Waals surface area contributed by atoms with Gasteiger partial charge in [0.25, 0.3) is 11.6 Å². The number of nitrogens with zero attached hydrogens (tertiary/aromatic N) is 2. The Hall–Kier alpha value is -1.86. The number of amides is 1. The molecule has 3 N–H and O–H groups in total. The Bertz CT molecular complexity index is 602. The van der Waals surface area contributed by atoms with Crippen molar-refractivity contribution in [2.24, 2.45) is 11.7 Å². The first-order valence-electron chi connectivity index (χ1n) is 8.45. The van der Waals surface area contributed by atoms with Gasteiger partial charge in [0, 0.05) is 37.3 Å². The molecule has 1 aliphatic rings. The van der Waals surface area contributed by atoms with Gasteiger partial charge in [0.1, 0.15) is 5.69 Å². The van der Waals surface area contributed by atoms with Crippen LogP contribution in [0.25, 0.3) is 0 Å². The van der Waals surface area contributed by atoms with Crippen LogP contribution in [0.15, 0.2) is 18.2 Å². The molecule has 1 aromatic carbocycles. The lowest BCUT2D eigenvalue weighted by molar-refractivity contribution is -0.384. The second kappa shape index (κ2) is 9.58. The quantitative estimate of drug-likeness (QED) is 0.592. The largest absolute Gasteiger partial charge is 0.366 e. The number of hydrogen-bond donors (Lipinski definition) is 2. The molecule has 0 bridgehead atoms. The molecular weight excluding hydrogens is 344 g/mol. The molecule has 8 heteroatoms. The minimum absolute atomic E-state index is 0. The normalized spacial score (nSPS) is 16.0. The maximum Gasteiger partial charge on any atom is 0.293 e. The van der Waals surface area contributed by atoms with Gasteiger partial charge in [-0.1, -0.05) is 6.92 Å². The molecule has 1 amide bonds. The van der Waals surface area contributed by atoms with Gasteiger partial charge in [-0.05, 0) is 44.2 Å². The molecule has 1 aliphatic heterocycles. The Morgan fingerprint density at radius 3 is 2.64 bits per heavy atom. The Balaban J connectivity index is 0.00000312. The first kappa shape index (κ1) is 21.2. The molecule has 0 saturated carbocycles. The number of nitro groups is 1. The highest BCUT2D eigenvalue weighted by Crippen LogP contribution is 2.32. The molecule has 1 aromatic rings. The fraction of sp³-hybridized carbons (Fsp3) is 0.588. The summed E-state index contributed by atoms with van der Waals surface area (Å²) >= 11 is 0. The first-order chi connectivity index (χ1) is 11.4. The lowest BCUT2D eigenvalue weighted by Gasteiger charge is -2.31. The minimum atomic E-state index is -0.411. The smallest absolute Gasteiger partial charge is 0.293 e. The fourth-order valence-electron chi connectivity index (χ4n) is 2.84. The fourth-order valence-corrected chi connectivity index (χ4v) is 2.84. The number of rotatable bonds is 6. The number of nitro benzene ring substituents is 1. The van der Waals surface area contributed by atoms with Crippen LogP contribution in [0.5, 0.6) is 0 Å². The second-order valence-corrected chi connectivity index (χ2v) is 6.65. The molecular formula is C17H27ClN4O3. The summed E-state index contributed by atoms with van der Waals surface area (Å²) < 4.78 is 0. The zero-order chi connectivity index (χ0) is 17.7. The van der Waals surface area contributed by atoms with Crippen LogP contribution >= 0.6 is 12.4 Å². The van der Waals surface area contributed by atoms with Crippen molar-refractivity contribution in [1.29, 1.82) is 0 Å². The maximum atomic E-state index is 12.1.